The van der Waals surface area contributed by atoms with Crippen LogP contribution >= 0.6 is 34.8 Å². The van der Waals surface area contributed by atoms with E-state index in [-0.39, 0.29) is 59.0 Å². The van der Waals surface area contributed by atoms with Gasteiger partial charge in [-0.1, -0.05) is 24.3 Å². The van der Waals surface area contributed by atoms with Crippen molar-refractivity contribution in [2.24, 2.45) is 0 Å². The first-order chi connectivity index (χ1) is 13.5. The van der Waals surface area contributed by atoms with E-state index in [1.165, 1.54) is 24.3 Å². The van der Waals surface area contributed by atoms with E-state index < -0.39 is 17.9 Å². The van der Waals surface area contributed by atoms with Crippen molar-refractivity contribution in [3.05, 3.63) is 34.7 Å². The van der Waals surface area contributed by atoms with Crippen molar-refractivity contribution >= 4 is 63.9 Å². The van der Waals surface area contributed by atoms with Crippen molar-refractivity contribution in [3.63, 3.8) is 0 Å². The van der Waals surface area contributed by atoms with Crippen LogP contribution in [0.4, 0.5) is 0 Å². The molecule has 1 aromatic rings. The van der Waals surface area contributed by atoms with Crippen LogP contribution in [0.1, 0.15) is 0 Å². The average Bonchev–Trinajstić information content (AvgIpc) is 2.70. The number of hydrogen-bond acceptors (Lipinski definition) is 7. The van der Waals surface area contributed by atoms with Crippen LogP contribution in [-0.4, -0.2) is 55.4 Å². The molecule has 0 spiro atoms. The zero-order valence-electron chi connectivity index (χ0n) is 14.6. The molecule has 0 saturated carbocycles. The number of carbonyl (C=O) groups is 3. The first-order valence-electron chi connectivity index (χ1n) is 7.94. The molecule has 0 radical (unpaired) electrons. The van der Waals surface area contributed by atoms with Gasteiger partial charge < -0.3 is 14.2 Å². The number of carbonyl (C=O) groups excluding carboxylic acids is 3. The predicted octanol–water partition coefficient (Wildman–Crippen LogP) is 0.858. The summed E-state index contributed by atoms with van der Waals surface area (Å²) in [4.78, 5) is 36.3. The molecule has 0 unspecified atom stereocenters. The van der Waals surface area contributed by atoms with Crippen molar-refractivity contribution in [1.29, 1.82) is 5.26 Å². The van der Waals surface area contributed by atoms with Crippen LogP contribution in [0.5, 0.6) is 0 Å². The summed E-state index contributed by atoms with van der Waals surface area (Å²) in [5.74, 6) is -2.46. The van der Waals surface area contributed by atoms with Gasteiger partial charge in [-0.25, -0.2) is 14.4 Å². The third-order valence-corrected chi connectivity index (χ3v) is 3.58. The molecular formula is C18H16Cl3NO6. The largest absolute Gasteiger partial charge is 0.461 e. The molecule has 0 fully saturated rings. The molecule has 0 saturated heterocycles. The molecule has 1 rings (SSSR count). The minimum atomic E-state index is -0.918. The molecule has 0 aliphatic heterocycles. The second kappa shape index (κ2) is 13.0. The summed E-state index contributed by atoms with van der Waals surface area (Å²) < 4.78 is 14.6. The molecule has 0 aliphatic carbocycles. The minimum Gasteiger partial charge on any atom is -0.461 e. The Hall–Kier alpha value is -2.27. The van der Waals surface area contributed by atoms with E-state index in [2.05, 4.69) is 0 Å². The molecule has 10 heteroatoms. The van der Waals surface area contributed by atoms with Crippen LogP contribution in [-0.2, 0) is 28.6 Å². The number of esters is 3. The van der Waals surface area contributed by atoms with Crippen LogP contribution in [0, 0.1) is 11.3 Å². The maximum Gasteiger partial charge on any atom is 0.349 e. The van der Waals surface area contributed by atoms with Crippen LogP contribution in [0.25, 0.3) is 11.1 Å². The molecule has 0 aliphatic rings. The Labute approximate surface area is 176 Å². The maximum absolute atomic E-state index is 12.2. The maximum atomic E-state index is 12.2. The summed E-state index contributed by atoms with van der Waals surface area (Å²) in [5, 5.41) is 9.62. The second-order valence-electron chi connectivity index (χ2n) is 4.91. The molecule has 0 heterocycles. The highest BCUT2D eigenvalue weighted by molar-refractivity contribution is 6.36. The lowest BCUT2D eigenvalue weighted by Gasteiger charge is -2.07. The fraction of sp³-hybridized carbons (Fsp3) is 0.333. The number of nitrogens with zero attached hydrogens (tertiary/aromatic N) is 1. The van der Waals surface area contributed by atoms with Crippen LogP contribution in [0.15, 0.2) is 24.3 Å². The zero-order valence-corrected chi connectivity index (χ0v) is 16.9. The van der Waals surface area contributed by atoms with Gasteiger partial charge >= 0.3 is 17.9 Å². The summed E-state index contributed by atoms with van der Waals surface area (Å²) in [6, 6.07) is 7.28. The van der Waals surface area contributed by atoms with Crippen molar-refractivity contribution < 1.29 is 28.6 Å². The number of alkyl halides is 3. The molecule has 0 atom stereocenters. The first-order valence-corrected chi connectivity index (χ1v) is 9.54. The van der Waals surface area contributed by atoms with Crippen molar-refractivity contribution in [2.75, 3.05) is 37.5 Å². The van der Waals surface area contributed by atoms with Gasteiger partial charge in [0.2, 0.25) is 0 Å². The van der Waals surface area contributed by atoms with E-state index in [9.17, 15) is 19.6 Å². The van der Waals surface area contributed by atoms with Gasteiger partial charge in [-0.3, -0.25) is 0 Å². The highest BCUT2D eigenvalue weighted by Crippen LogP contribution is 2.03. The predicted molar refractivity (Wildman–Crippen MR) is 103 cm³/mol. The third kappa shape index (κ3) is 7.04. The smallest absolute Gasteiger partial charge is 0.349 e. The first kappa shape index (κ1) is 23.8. The summed E-state index contributed by atoms with van der Waals surface area (Å²) in [5.41, 5.74) is -0.599. The average molecular weight is 449 g/mol. The van der Waals surface area contributed by atoms with Gasteiger partial charge in [-0.2, -0.15) is 5.26 Å². The molecule has 28 heavy (non-hydrogen) atoms. The molecular weight excluding hydrogens is 433 g/mol. The Morgan fingerprint density at radius 1 is 0.750 bits per heavy atom. The van der Waals surface area contributed by atoms with E-state index in [4.69, 9.17) is 49.0 Å². The van der Waals surface area contributed by atoms with Crippen molar-refractivity contribution in [1.82, 2.24) is 0 Å². The fourth-order valence-corrected chi connectivity index (χ4v) is 2.19. The SMILES string of the molecule is N#CC(C(=O)OCCCl)=c1ccc(=C(C(=O)OCCCl)C(=O)OCCCl)cc1. The molecule has 1 aromatic carbocycles. The van der Waals surface area contributed by atoms with E-state index in [0.29, 0.717) is 0 Å². The number of benzene rings is 1. The quantitative estimate of drug-likeness (QED) is 0.239. The molecule has 0 N–H and O–H groups in total. The van der Waals surface area contributed by atoms with Gasteiger partial charge in [0.05, 0.1) is 17.6 Å². The topological polar surface area (TPSA) is 103 Å². The Morgan fingerprint density at radius 3 is 1.54 bits per heavy atom. The lowest BCUT2D eigenvalue weighted by Crippen LogP contribution is -2.26. The van der Waals surface area contributed by atoms with Gasteiger partial charge in [0, 0.05) is 0 Å². The number of nitriles is 1. The number of ether oxygens (including phenoxy) is 3. The number of rotatable bonds is 9. The normalized spacial score (nSPS) is 9.79. The lowest BCUT2D eigenvalue weighted by molar-refractivity contribution is -0.142. The number of halogens is 3. The van der Waals surface area contributed by atoms with Crippen LogP contribution in [0.2, 0.25) is 0 Å². The Morgan fingerprint density at radius 2 is 1.14 bits per heavy atom. The van der Waals surface area contributed by atoms with E-state index in [0.717, 1.165) is 0 Å². The molecule has 0 bridgehead atoms. The Balaban J connectivity index is 3.41. The van der Waals surface area contributed by atoms with E-state index >= 15 is 0 Å². The molecule has 0 aromatic heterocycles. The van der Waals surface area contributed by atoms with Gasteiger partial charge in [-0.15, -0.1) is 34.8 Å². The van der Waals surface area contributed by atoms with Crippen molar-refractivity contribution in [3.8, 4) is 6.07 Å². The van der Waals surface area contributed by atoms with Gasteiger partial charge in [0.25, 0.3) is 0 Å². The highest BCUT2D eigenvalue weighted by atomic mass is 35.5. The monoisotopic (exact) mass is 447 g/mol. The summed E-state index contributed by atoms with van der Waals surface area (Å²) >= 11 is 16.4. The second-order valence-corrected chi connectivity index (χ2v) is 6.05. The zero-order chi connectivity index (χ0) is 20.9. The fourth-order valence-electron chi connectivity index (χ4n) is 1.96. The van der Waals surface area contributed by atoms with Gasteiger partial charge in [-0.05, 0) is 10.4 Å². The molecule has 150 valence electrons. The highest BCUT2D eigenvalue weighted by Gasteiger charge is 2.22. The Bertz CT molecular complexity index is 833. The van der Waals surface area contributed by atoms with Crippen LogP contribution < -0.4 is 10.4 Å². The third-order valence-electron chi connectivity index (χ3n) is 3.12. The summed E-state index contributed by atoms with van der Waals surface area (Å²) in [6.07, 6.45) is 0. The van der Waals surface area contributed by atoms with Gasteiger partial charge in [0.1, 0.15) is 31.5 Å². The summed E-state index contributed by atoms with van der Waals surface area (Å²) in [6.45, 7) is -0.229. The molecule has 7 nitrogen and oxygen atoms in total. The Kier molecular flexibility index (Phi) is 11.0. The molecule has 0 amide bonds. The van der Waals surface area contributed by atoms with Crippen molar-refractivity contribution in [2.45, 2.75) is 0 Å². The number of hydrogen-bond donors (Lipinski definition) is 0. The van der Waals surface area contributed by atoms with Gasteiger partial charge in [0.15, 0.2) is 5.57 Å². The standard InChI is InChI=1S/C18H16Cl3NO6/c19-5-8-26-16(23)14(11-22)12-1-3-13(4-2-12)15(17(24)27-9-6-20)18(25)28-10-7-21/h1-4H,5-10H2. The summed E-state index contributed by atoms with van der Waals surface area (Å²) in [7, 11) is 0. The van der Waals surface area contributed by atoms with E-state index in [1.54, 1.807) is 6.07 Å². The van der Waals surface area contributed by atoms with Crippen LogP contribution in [0.3, 0.4) is 0 Å². The van der Waals surface area contributed by atoms with E-state index in [1.807, 2.05) is 0 Å². The lowest BCUT2D eigenvalue weighted by atomic mass is 10.1. The minimum absolute atomic E-state index is 0.0413.